The third kappa shape index (κ3) is 4.01. The first-order valence-electron chi connectivity index (χ1n) is 10.0. The lowest BCUT2D eigenvalue weighted by Gasteiger charge is -2.32. The molecule has 3 aromatic rings. The molecule has 2 aromatic carbocycles. The van der Waals surface area contributed by atoms with Crippen molar-refractivity contribution in [2.24, 2.45) is 7.05 Å². The van der Waals surface area contributed by atoms with Gasteiger partial charge in [-0.2, -0.15) is 5.10 Å². The molecule has 32 heavy (non-hydrogen) atoms. The smallest absolute Gasteiger partial charge is 0.258 e. The molecule has 1 atom stereocenters. The summed E-state index contributed by atoms with van der Waals surface area (Å²) in [5.41, 5.74) is 2.43. The maximum Gasteiger partial charge on any atom is 0.258 e. The SMILES string of the molecule is COc1ccc(C(=O)N2CCC(NC(=O)c3ccc(Cl)cc3)c3c2cnn3C)cc1OC. The van der Waals surface area contributed by atoms with Crippen molar-refractivity contribution in [2.45, 2.75) is 12.5 Å². The number of ether oxygens (including phenoxy) is 2. The fraction of sp³-hybridized carbons (Fsp3) is 0.261. The van der Waals surface area contributed by atoms with Gasteiger partial charge < -0.3 is 19.7 Å². The summed E-state index contributed by atoms with van der Waals surface area (Å²) in [4.78, 5) is 27.7. The predicted octanol–water partition coefficient (Wildman–Crippen LogP) is 3.61. The number of anilines is 1. The Morgan fingerprint density at radius 1 is 1.06 bits per heavy atom. The van der Waals surface area contributed by atoms with Crippen molar-refractivity contribution >= 4 is 29.1 Å². The molecule has 1 aliphatic heterocycles. The van der Waals surface area contributed by atoms with Crippen LogP contribution in [0, 0.1) is 0 Å². The number of aromatic nitrogens is 2. The Balaban J connectivity index is 1.59. The van der Waals surface area contributed by atoms with Gasteiger partial charge in [0.25, 0.3) is 11.8 Å². The molecule has 0 bridgehead atoms. The van der Waals surface area contributed by atoms with Gasteiger partial charge in [0.05, 0.1) is 37.8 Å². The zero-order chi connectivity index (χ0) is 22.8. The molecule has 1 unspecified atom stereocenters. The van der Waals surface area contributed by atoms with E-state index in [1.165, 1.54) is 7.11 Å². The van der Waals surface area contributed by atoms with Crippen molar-refractivity contribution in [3.05, 3.63) is 70.5 Å². The summed E-state index contributed by atoms with van der Waals surface area (Å²) >= 11 is 5.92. The lowest BCUT2D eigenvalue weighted by Crippen LogP contribution is -2.41. The summed E-state index contributed by atoms with van der Waals surface area (Å²) in [6, 6.07) is 11.5. The van der Waals surface area contributed by atoms with Crippen molar-refractivity contribution in [2.75, 3.05) is 25.7 Å². The highest BCUT2D eigenvalue weighted by atomic mass is 35.5. The molecule has 1 aromatic heterocycles. The standard InChI is InChI=1S/C23H23ClN4O4/c1-27-21-17(26-22(29)14-4-7-16(24)8-5-14)10-11-28(18(21)13-25-27)23(30)15-6-9-19(31-2)20(12-15)32-3/h4-9,12-13,17H,10-11H2,1-3H3,(H,26,29). The average Bonchev–Trinajstić information content (AvgIpc) is 3.20. The van der Waals surface area contributed by atoms with Crippen LogP contribution in [0.2, 0.25) is 5.02 Å². The van der Waals surface area contributed by atoms with Gasteiger partial charge in [0.1, 0.15) is 0 Å². The molecule has 4 rings (SSSR count). The minimum Gasteiger partial charge on any atom is -0.493 e. The van der Waals surface area contributed by atoms with Crippen molar-refractivity contribution in [1.29, 1.82) is 0 Å². The van der Waals surface area contributed by atoms with Crippen molar-refractivity contribution in [3.8, 4) is 11.5 Å². The number of halogens is 1. The van der Waals surface area contributed by atoms with E-state index in [2.05, 4.69) is 10.4 Å². The first-order valence-corrected chi connectivity index (χ1v) is 10.4. The highest BCUT2D eigenvalue weighted by Crippen LogP contribution is 2.35. The third-order valence-electron chi connectivity index (χ3n) is 5.51. The topological polar surface area (TPSA) is 85.7 Å². The number of amides is 2. The van der Waals surface area contributed by atoms with E-state index in [1.807, 2.05) is 0 Å². The summed E-state index contributed by atoms with van der Waals surface area (Å²) in [7, 11) is 4.87. The Morgan fingerprint density at radius 3 is 2.44 bits per heavy atom. The first kappa shape index (κ1) is 21.7. The fourth-order valence-electron chi connectivity index (χ4n) is 3.88. The number of methoxy groups -OCH3 is 2. The highest BCUT2D eigenvalue weighted by molar-refractivity contribution is 6.30. The van der Waals surface area contributed by atoms with Gasteiger partial charge in [-0.25, -0.2) is 0 Å². The van der Waals surface area contributed by atoms with Gasteiger partial charge in [-0.1, -0.05) is 11.6 Å². The van der Waals surface area contributed by atoms with Crippen LogP contribution >= 0.6 is 11.6 Å². The van der Waals surface area contributed by atoms with E-state index in [0.717, 1.165) is 5.69 Å². The number of nitrogens with one attached hydrogen (secondary N) is 1. The molecule has 0 aliphatic carbocycles. The Kier molecular flexibility index (Phi) is 6.05. The molecular formula is C23H23ClN4O4. The number of carbonyl (C=O) groups excluding carboxylic acids is 2. The van der Waals surface area contributed by atoms with Crippen molar-refractivity contribution < 1.29 is 19.1 Å². The summed E-state index contributed by atoms with van der Waals surface area (Å²) in [5.74, 6) is 0.644. The van der Waals surface area contributed by atoms with Crippen LogP contribution in [-0.4, -0.2) is 42.4 Å². The van der Waals surface area contributed by atoms with E-state index >= 15 is 0 Å². The zero-order valence-corrected chi connectivity index (χ0v) is 18.7. The van der Waals surface area contributed by atoms with E-state index in [0.29, 0.717) is 46.3 Å². The minimum atomic E-state index is -0.282. The highest BCUT2D eigenvalue weighted by Gasteiger charge is 2.33. The summed E-state index contributed by atoms with van der Waals surface area (Å²) in [6.45, 7) is 0.428. The maximum absolute atomic E-state index is 13.3. The van der Waals surface area contributed by atoms with Gasteiger partial charge in [-0.15, -0.1) is 0 Å². The number of rotatable bonds is 5. The van der Waals surface area contributed by atoms with E-state index < -0.39 is 0 Å². The normalized spacial score (nSPS) is 15.1. The molecule has 0 radical (unpaired) electrons. The molecule has 1 aliphatic rings. The second-order valence-corrected chi connectivity index (χ2v) is 7.82. The van der Waals surface area contributed by atoms with Crippen LogP contribution in [0.15, 0.2) is 48.7 Å². The molecule has 166 valence electrons. The first-order chi connectivity index (χ1) is 15.4. The van der Waals surface area contributed by atoms with E-state index in [-0.39, 0.29) is 17.9 Å². The molecule has 8 nitrogen and oxygen atoms in total. The van der Waals surface area contributed by atoms with Crippen LogP contribution in [0.4, 0.5) is 5.69 Å². The Morgan fingerprint density at radius 2 is 1.75 bits per heavy atom. The zero-order valence-electron chi connectivity index (χ0n) is 18.0. The Bertz CT molecular complexity index is 1160. The number of hydrogen-bond acceptors (Lipinski definition) is 5. The molecule has 1 N–H and O–H groups in total. The van der Waals surface area contributed by atoms with Crippen LogP contribution in [0.1, 0.15) is 38.9 Å². The summed E-state index contributed by atoms with van der Waals surface area (Å²) in [6.07, 6.45) is 2.19. The maximum atomic E-state index is 13.3. The molecule has 0 saturated heterocycles. The number of aryl methyl sites for hydroxylation is 1. The number of fused-ring (bicyclic) bond motifs is 1. The second-order valence-electron chi connectivity index (χ2n) is 7.39. The van der Waals surface area contributed by atoms with Crippen molar-refractivity contribution in [1.82, 2.24) is 15.1 Å². The molecule has 0 fully saturated rings. The molecular weight excluding hydrogens is 432 g/mol. The van der Waals surface area contributed by atoms with Crippen LogP contribution in [-0.2, 0) is 7.05 Å². The van der Waals surface area contributed by atoms with Gasteiger partial charge in [-0.05, 0) is 48.9 Å². The minimum absolute atomic E-state index is 0.178. The number of nitrogens with zero attached hydrogens (tertiary/aromatic N) is 3. The molecule has 9 heteroatoms. The molecule has 0 saturated carbocycles. The van der Waals surface area contributed by atoms with E-state index in [4.69, 9.17) is 21.1 Å². The quantitative estimate of drug-likeness (QED) is 0.636. The third-order valence-corrected chi connectivity index (χ3v) is 5.77. The van der Waals surface area contributed by atoms with Gasteiger partial charge in [-0.3, -0.25) is 14.3 Å². The van der Waals surface area contributed by atoms with Crippen LogP contribution in [0.5, 0.6) is 11.5 Å². The predicted molar refractivity (Wildman–Crippen MR) is 121 cm³/mol. The van der Waals surface area contributed by atoms with Gasteiger partial charge in [0.2, 0.25) is 0 Å². The Hall–Kier alpha value is -3.52. The molecule has 0 spiro atoms. The van der Waals surface area contributed by atoms with Gasteiger partial charge in [0, 0.05) is 29.7 Å². The van der Waals surface area contributed by atoms with Gasteiger partial charge in [0.15, 0.2) is 11.5 Å². The number of benzene rings is 2. The van der Waals surface area contributed by atoms with E-state index in [1.54, 1.807) is 72.4 Å². The lowest BCUT2D eigenvalue weighted by atomic mass is 10.0. The number of carbonyl (C=O) groups is 2. The Labute approximate surface area is 190 Å². The molecule has 2 amide bonds. The van der Waals surface area contributed by atoms with Crippen molar-refractivity contribution in [3.63, 3.8) is 0 Å². The van der Waals surface area contributed by atoms with Gasteiger partial charge >= 0.3 is 0 Å². The summed E-state index contributed by atoms with van der Waals surface area (Å²) < 4.78 is 12.3. The average molecular weight is 455 g/mol. The van der Waals surface area contributed by atoms with E-state index in [9.17, 15) is 9.59 Å². The second kappa shape index (κ2) is 8.92. The monoisotopic (exact) mass is 454 g/mol. The molecule has 2 heterocycles. The largest absolute Gasteiger partial charge is 0.493 e. The number of hydrogen-bond donors (Lipinski definition) is 1. The van der Waals surface area contributed by atoms with Crippen LogP contribution in [0.25, 0.3) is 0 Å². The van der Waals surface area contributed by atoms with Crippen LogP contribution in [0.3, 0.4) is 0 Å². The summed E-state index contributed by atoms with van der Waals surface area (Å²) in [5, 5.41) is 7.96. The lowest BCUT2D eigenvalue weighted by molar-refractivity contribution is 0.0931. The van der Waals surface area contributed by atoms with Crippen LogP contribution < -0.4 is 19.7 Å². The fourth-order valence-corrected chi connectivity index (χ4v) is 4.01.